The molecule has 4 heteroatoms. The molecule has 1 amide bonds. The maximum absolute atomic E-state index is 11.9. The Bertz CT molecular complexity index is 261. The molecule has 1 heterocycles. The zero-order valence-electron chi connectivity index (χ0n) is 12.3. The number of nitrogens with one attached hydrogen (secondary N) is 1. The highest BCUT2D eigenvalue weighted by molar-refractivity contribution is 5.68. The third kappa shape index (κ3) is 5.71. The molecule has 0 radical (unpaired) electrons. The van der Waals surface area contributed by atoms with E-state index in [0.29, 0.717) is 6.04 Å². The maximum atomic E-state index is 11.9. The van der Waals surface area contributed by atoms with Crippen molar-refractivity contribution in [3.8, 4) is 0 Å². The first-order chi connectivity index (χ1) is 8.42. The number of amides is 1. The van der Waals surface area contributed by atoms with Crippen LogP contribution in [0.1, 0.15) is 53.4 Å². The van der Waals surface area contributed by atoms with E-state index in [1.54, 1.807) is 0 Å². The Morgan fingerprint density at radius 1 is 1.39 bits per heavy atom. The van der Waals surface area contributed by atoms with Crippen LogP contribution in [-0.4, -0.2) is 42.3 Å². The molecule has 106 valence electrons. The number of carbonyl (C=O) groups is 1. The van der Waals surface area contributed by atoms with Gasteiger partial charge in [0.2, 0.25) is 0 Å². The van der Waals surface area contributed by atoms with Crippen molar-refractivity contribution in [2.75, 3.05) is 19.6 Å². The predicted octanol–water partition coefficient (Wildman–Crippen LogP) is 2.78. The Hall–Kier alpha value is -0.770. The molecule has 1 aliphatic heterocycles. The van der Waals surface area contributed by atoms with Gasteiger partial charge >= 0.3 is 6.09 Å². The van der Waals surface area contributed by atoms with Gasteiger partial charge in [0.15, 0.2) is 0 Å². The minimum absolute atomic E-state index is 0.180. The Morgan fingerprint density at radius 3 is 2.72 bits per heavy atom. The number of unbranched alkanes of at least 4 members (excludes halogenated alkanes) is 2. The van der Waals surface area contributed by atoms with Crippen molar-refractivity contribution in [1.29, 1.82) is 0 Å². The molecule has 1 atom stereocenters. The summed E-state index contributed by atoms with van der Waals surface area (Å²) in [5.74, 6) is 0. The first-order valence-electron chi connectivity index (χ1n) is 7.13. The van der Waals surface area contributed by atoms with Crippen LogP contribution in [0.2, 0.25) is 0 Å². The first-order valence-corrected chi connectivity index (χ1v) is 7.13. The number of likely N-dealkylation sites (tertiary alicyclic amines) is 1. The van der Waals surface area contributed by atoms with E-state index in [4.69, 9.17) is 4.74 Å². The van der Waals surface area contributed by atoms with Gasteiger partial charge in [-0.05, 0) is 40.2 Å². The molecule has 0 aromatic heterocycles. The van der Waals surface area contributed by atoms with Crippen LogP contribution < -0.4 is 5.32 Å². The summed E-state index contributed by atoms with van der Waals surface area (Å²) in [6.07, 6.45) is 4.59. The van der Waals surface area contributed by atoms with Gasteiger partial charge in [-0.3, -0.25) is 0 Å². The second kappa shape index (κ2) is 6.98. The van der Waals surface area contributed by atoms with Crippen molar-refractivity contribution in [1.82, 2.24) is 10.2 Å². The Balaban J connectivity index is 2.22. The molecule has 0 aliphatic carbocycles. The van der Waals surface area contributed by atoms with E-state index in [1.807, 2.05) is 25.7 Å². The molecular formula is C14H28N2O2. The lowest BCUT2D eigenvalue weighted by Gasteiger charge is -2.24. The lowest BCUT2D eigenvalue weighted by atomic mass is 10.2. The van der Waals surface area contributed by atoms with E-state index in [-0.39, 0.29) is 6.09 Å². The van der Waals surface area contributed by atoms with E-state index < -0.39 is 5.60 Å². The fourth-order valence-electron chi connectivity index (χ4n) is 2.10. The summed E-state index contributed by atoms with van der Waals surface area (Å²) >= 11 is 0. The zero-order valence-corrected chi connectivity index (χ0v) is 12.3. The van der Waals surface area contributed by atoms with Crippen molar-refractivity contribution >= 4 is 6.09 Å². The average molecular weight is 256 g/mol. The Kier molecular flexibility index (Phi) is 5.93. The molecule has 1 rings (SSSR count). The van der Waals surface area contributed by atoms with Gasteiger partial charge in [-0.1, -0.05) is 19.8 Å². The van der Waals surface area contributed by atoms with Gasteiger partial charge in [-0.25, -0.2) is 4.79 Å². The van der Waals surface area contributed by atoms with Crippen LogP contribution in [0.5, 0.6) is 0 Å². The highest BCUT2D eigenvalue weighted by Crippen LogP contribution is 2.15. The monoisotopic (exact) mass is 256 g/mol. The molecule has 1 unspecified atom stereocenters. The normalized spacial score (nSPS) is 20.2. The molecule has 1 saturated heterocycles. The Morgan fingerprint density at radius 2 is 2.11 bits per heavy atom. The largest absolute Gasteiger partial charge is 0.444 e. The standard InChI is InChI=1S/C14H28N2O2/c1-5-6-7-9-15-12-8-10-16(11-12)13(17)18-14(2,3)4/h12,15H,5-11H2,1-4H3. The fraction of sp³-hybridized carbons (Fsp3) is 0.929. The van der Waals surface area contributed by atoms with Crippen LogP contribution in [0.15, 0.2) is 0 Å². The van der Waals surface area contributed by atoms with E-state index in [2.05, 4.69) is 12.2 Å². The first kappa shape index (κ1) is 15.3. The van der Waals surface area contributed by atoms with Crippen molar-refractivity contribution in [2.45, 2.75) is 65.0 Å². The highest BCUT2D eigenvalue weighted by atomic mass is 16.6. The Labute approximate surface area is 111 Å². The number of hydrogen-bond donors (Lipinski definition) is 1. The molecule has 1 aliphatic rings. The molecule has 0 aromatic carbocycles. The van der Waals surface area contributed by atoms with Gasteiger partial charge in [0, 0.05) is 19.1 Å². The third-order valence-corrected chi connectivity index (χ3v) is 3.05. The quantitative estimate of drug-likeness (QED) is 0.769. The van der Waals surface area contributed by atoms with Crippen LogP contribution in [0.4, 0.5) is 4.79 Å². The lowest BCUT2D eigenvalue weighted by Crippen LogP contribution is -2.38. The van der Waals surface area contributed by atoms with Crippen molar-refractivity contribution in [3.63, 3.8) is 0 Å². The van der Waals surface area contributed by atoms with Crippen molar-refractivity contribution in [2.24, 2.45) is 0 Å². The number of ether oxygens (including phenoxy) is 1. The summed E-state index contributed by atoms with van der Waals surface area (Å²) in [5.41, 5.74) is -0.399. The average Bonchev–Trinajstić information content (AvgIpc) is 2.71. The van der Waals surface area contributed by atoms with E-state index >= 15 is 0 Å². The smallest absolute Gasteiger partial charge is 0.410 e. The number of hydrogen-bond acceptors (Lipinski definition) is 3. The summed E-state index contributed by atoms with van der Waals surface area (Å²) < 4.78 is 5.37. The number of rotatable bonds is 5. The SMILES string of the molecule is CCCCCNC1CCN(C(=O)OC(C)(C)C)C1. The molecular weight excluding hydrogens is 228 g/mol. The summed E-state index contributed by atoms with van der Waals surface area (Å²) in [4.78, 5) is 13.7. The minimum Gasteiger partial charge on any atom is -0.444 e. The lowest BCUT2D eigenvalue weighted by molar-refractivity contribution is 0.0291. The number of nitrogens with zero attached hydrogens (tertiary/aromatic N) is 1. The molecule has 0 aromatic rings. The van der Waals surface area contributed by atoms with Gasteiger partial charge in [0.1, 0.15) is 5.60 Å². The second-order valence-electron chi connectivity index (χ2n) is 6.07. The van der Waals surface area contributed by atoms with E-state index in [0.717, 1.165) is 26.1 Å². The van der Waals surface area contributed by atoms with Gasteiger partial charge in [0.25, 0.3) is 0 Å². The van der Waals surface area contributed by atoms with Gasteiger partial charge in [-0.15, -0.1) is 0 Å². The fourth-order valence-corrected chi connectivity index (χ4v) is 2.10. The van der Waals surface area contributed by atoms with Crippen LogP contribution >= 0.6 is 0 Å². The minimum atomic E-state index is -0.399. The predicted molar refractivity (Wildman–Crippen MR) is 73.7 cm³/mol. The summed E-state index contributed by atoms with van der Waals surface area (Å²) in [6, 6.07) is 0.439. The summed E-state index contributed by atoms with van der Waals surface area (Å²) in [5, 5.41) is 3.51. The molecule has 1 fully saturated rings. The molecule has 0 saturated carbocycles. The van der Waals surface area contributed by atoms with Gasteiger partial charge < -0.3 is 15.0 Å². The number of carbonyl (C=O) groups excluding carboxylic acids is 1. The topological polar surface area (TPSA) is 41.6 Å². The molecule has 18 heavy (non-hydrogen) atoms. The molecule has 4 nitrogen and oxygen atoms in total. The highest BCUT2D eigenvalue weighted by Gasteiger charge is 2.29. The van der Waals surface area contributed by atoms with Crippen LogP contribution in [0.3, 0.4) is 0 Å². The zero-order chi connectivity index (χ0) is 13.6. The van der Waals surface area contributed by atoms with Crippen molar-refractivity contribution in [3.05, 3.63) is 0 Å². The van der Waals surface area contributed by atoms with Crippen LogP contribution in [-0.2, 0) is 4.74 Å². The summed E-state index contributed by atoms with van der Waals surface area (Å²) in [7, 11) is 0. The van der Waals surface area contributed by atoms with Crippen LogP contribution in [0, 0.1) is 0 Å². The maximum Gasteiger partial charge on any atom is 0.410 e. The third-order valence-electron chi connectivity index (χ3n) is 3.05. The van der Waals surface area contributed by atoms with Gasteiger partial charge in [-0.2, -0.15) is 0 Å². The second-order valence-corrected chi connectivity index (χ2v) is 6.07. The van der Waals surface area contributed by atoms with Gasteiger partial charge in [0.05, 0.1) is 0 Å². The van der Waals surface area contributed by atoms with Crippen molar-refractivity contribution < 1.29 is 9.53 Å². The van der Waals surface area contributed by atoms with Crippen LogP contribution in [0.25, 0.3) is 0 Å². The molecule has 0 spiro atoms. The molecule has 0 bridgehead atoms. The van der Waals surface area contributed by atoms with E-state index in [1.165, 1.54) is 19.3 Å². The summed E-state index contributed by atoms with van der Waals surface area (Å²) in [6.45, 7) is 10.6. The van der Waals surface area contributed by atoms with E-state index in [9.17, 15) is 4.79 Å². The molecule has 1 N–H and O–H groups in total.